The van der Waals surface area contributed by atoms with E-state index in [0.29, 0.717) is 0 Å². The Morgan fingerprint density at radius 3 is 2.81 bits per heavy atom. The van der Waals surface area contributed by atoms with Crippen LogP contribution in [0, 0.1) is 6.92 Å². The van der Waals surface area contributed by atoms with Crippen molar-refractivity contribution < 1.29 is 9.47 Å². The molecule has 3 nitrogen and oxygen atoms in total. The zero-order valence-corrected chi connectivity index (χ0v) is 13.5. The standard InChI is InChI=1S/C18H29NO2/c1-4-5-6-7-8-13-21-18-16(2)10-9-11-17(18)15-19-12-14-20-3/h4,9-11,19H,1,5-8,12-15H2,2-3H3. The lowest BCUT2D eigenvalue weighted by molar-refractivity contribution is 0.199. The molecule has 0 aliphatic heterocycles. The van der Waals surface area contributed by atoms with Crippen molar-refractivity contribution in [2.24, 2.45) is 0 Å². The zero-order chi connectivity index (χ0) is 15.3. The number of hydrogen-bond donors (Lipinski definition) is 1. The molecule has 0 saturated carbocycles. The van der Waals surface area contributed by atoms with E-state index in [1.54, 1.807) is 7.11 Å². The van der Waals surface area contributed by atoms with Gasteiger partial charge < -0.3 is 14.8 Å². The molecule has 0 aromatic heterocycles. The molecule has 0 aliphatic carbocycles. The molecule has 1 rings (SSSR count). The lowest BCUT2D eigenvalue weighted by Gasteiger charge is -2.14. The number of methoxy groups -OCH3 is 1. The summed E-state index contributed by atoms with van der Waals surface area (Å²) < 4.78 is 11.1. The first-order valence-electron chi connectivity index (χ1n) is 7.81. The Bertz CT molecular complexity index is 404. The number of benzene rings is 1. The second kappa shape index (κ2) is 11.4. The first-order valence-corrected chi connectivity index (χ1v) is 7.81. The zero-order valence-electron chi connectivity index (χ0n) is 13.5. The van der Waals surface area contributed by atoms with Crippen molar-refractivity contribution in [3.63, 3.8) is 0 Å². The molecule has 1 N–H and O–H groups in total. The molecule has 21 heavy (non-hydrogen) atoms. The van der Waals surface area contributed by atoms with Gasteiger partial charge in [0.1, 0.15) is 5.75 Å². The van der Waals surface area contributed by atoms with Crippen LogP contribution in [0.15, 0.2) is 30.9 Å². The molecule has 0 bridgehead atoms. The van der Waals surface area contributed by atoms with E-state index in [1.807, 2.05) is 6.08 Å². The van der Waals surface area contributed by atoms with E-state index in [0.717, 1.165) is 44.9 Å². The van der Waals surface area contributed by atoms with Gasteiger partial charge in [0.05, 0.1) is 13.2 Å². The third kappa shape index (κ3) is 7.30. The number of rotatable bonds is 12. The molecule has 0 fully saturated rings. The Labute approximate surface area is 129 Å². The molecule has 0 heterocycles. The van der Waals surface area contributed by atoms with Gasteiger partial charge in [0.2, 0.25) is 0 Å². The van der Waals surface area contributed by atoms with Gasteiger partial charge in [-0.05, 0) is 38.2 Å². The second-order valence-electron chi connectivity index (χ2n) is 5.22. The van der Waals surface area contributed by atoms with Gasteiger partial charge in [-0.2, -0.15) is 0 Å². The summed E-state index contributed by atoms with van der Waals surface area (Å²) in [5.74, 6) is 1.03. The Kier molecular flexibility index (Phi) is 9.58. The Balaban J connectivity index is 2.41. The fourth-order valence-corrected chi connectivity index (χ4v) is 2.20. The molecule has 0 unspecified atom stereocenters. The van der Waals surface area contributed by atoms with Crippen molar-refractivity contribution in [2.75, 3.05) is 26.9 Å². The lowest BCUT2D eigenvalue weighted by atomic mass is 10.1. The number of allylic oxidation sites excluding steroid dienone is 1. The van der Waals surface area contributed by atoms with Crippen LogP contribution in [-0.4, -0.2) is 26.9 Å². The van der Waals surface area contributed by atoms with Crippen LogP contribution in [0.1, 0.15) is 36.8 Å². The monoisotopic (exact) mass is 291 g/mol. The predicted molar refractivity (Wildman–Crippen MR) is 88.9 cm³/mol. The lowest BCUT2D eigenvalue weighted by Crippen LogP contribution is -2.19. The van der Waals surface area contributed by atoms with E-state index in [1.165, 1.54) is 24.0 Å². The van der Waals surface area contributed by atoms with E-state index in [9.17, 15) is 0 Å². The quantitative estimate of drug-likeness (QED) is 0.468. The Morgan fingerprint density at radius 2 is 2.05 bits per heavy atom. The van der Waals surface area contributed by atoms with Crippen LogP contribution in [0.3, 0.4) is 0 Å². The van der Waals surface area contributed by atoms with E-state index >= 15 is 0 Å². The van der Waals surface area contributed by atoms with E-state index in [-0.39, 0.29) is 0 Å². The molecular weight excluding hydrogens is 262 g/mol. The van der Waals surface area contributed by atoms with Crippen molar-refractivity contribution >= 4 is 0 Å². The number of unbranched alkanes of at least 4 members (excludes halogenated alkanes) is 3. The van der Waals surface area contributed by atoms with Crippen LogP contribution in [0.2, 0.25) is 0 Å². The molecule has 118 valence electrons. The topological polar surface area (TPSA) is 30.5 Å². The highest BCUT2D eigenvalue weighted by atomic mass is 16.5. The van der Waals surface area contributed by atoms with Crippen LogP contribution >= 0.6 is 0 Å². The largest absolute Gasteiger partial charge is 0.493 e. The molecule has 1 aromatic rings. The van der Waals surface area contributed by atoms with Crippen LogP contribution < -0.4 is 10.1 Å². The van der Waals surface area contributed by atoms with E-state index < -0.39 is 0 Å². The van der Waals surface area contributed by atoms with Crippen molar-refractivity contribution in [1.29, 1.82) is 0 Å². The summed E-state index contributed by atoms with van der Waals surface area (Å²) in [6.07, 6.45) is 6.56. The normalized spacial score (nSPS) is 10.6. The first kappa shape index (κ1) is 17.7. The molecule has 0 amide bonds. The highest BCUT2D eigenvalue weighted by Crippen LogP contribution is 2.23. The maximum Gasteiger partial charge on any atom is 0.126 e. The molecule has 0 saturated heterocycles. The van der Waals surface area contributed by atoms with Crippen LogP contribution in [0.5, 0.6) is 5.75 Å². The van der Waals surface area contributed by atoms with E-state index in [2.05, 4.69) is 37.0 Å². The van der Waals surface area contributed by atoms with Gasteiger partial charge in [-0.1, -0.05) is 24.3 Å². The highest BCUT2D eigenvalue weighted by Gasteiger charge is 2.06. The van der Waals surface area contributed by atoms with Gasteiger partial charge in [0.15, 0.2) is 0 Å². The molecule has 0 spiro atoms. The molecule has 0 atom stereocenters. The smallest absolute Gasteiger partial charge is 0.126 e. The van der Waals surface area contributed by atoms with Crippen LogP contribution in [0.4, 0.5) is 0 Å². The van der Waals surface area contributed by atoms with Crippen molar-refractivity contribution in [1.82, 2.24) is 5.32 Å². The van der Waals surface area contributed by atoms with E-state index in [4.69, 9.17) is 9.47 Å². The Morgan fingerprint density at radius 1 is 1.19 bits per heavy atom. The minimum atomic E-state index is 0.727. The summed E-state index contributed by atoms with van der Waals surface area (Å²) in [7, 11) is 1.72. The number of hydrogen-bond acceptors (Lipinski definition) is 3. The molecular formula is C18H29NO2. The third-order valence-corrected chi connectivity index (χ3v) is 3.39. The Hall–Kier alpha value is -1.32. The van der Waals surface area contributed by atoms with Gasteiger partial charge >= 0.3 is 0 Å². The summed E-state index contributed by atoms with van der Waals surface area (Å²) in [5.41, 5.74) is 2.42. The summed E-state index contributed by atoms with van der Waals surface area (Å²) in [6, 6.07) is 6.31. The summed E-state index contributed by atoms with van der Waals surface area (Å²) in [6.45, 7) is 9.03. The number of nitrogens with one attached hydrogen (secondary N) is 1. The van der Waals surface area contributed by atoms with Crippen LogP contribution in [-0.2, 0) is 11.3 Å². The van der Waals surface area contributed by atoms with Gasteiger partial charge in [-0.15, -0.1) is 6.58 Å². The summed E-state index contributed by atoms with van der Waals surface area (Å²) >= 11 is 0. The second-order valence-corrected chi connectivity index (χ2v) is 5.22. The van der Waals surface area contributed by atoms with Gasteiger partial charge in [0.25, 0.3) is 0 Å². The average Bonchev–Trinajstić information content (AvgIpc) is 2.49. The highest BCUT2D eigenvalue weighted by molar-refractivity contribution is 5.40. The van der Waals surface area contributed by atoms with Crippen molar-refractivity contribution in [3.8, 4) is 5.75 Å². The number of aryl methyl sites for hydroxylation is 1. The third-order valence-electron chi connectivity index (χ3n) is 3.39. The summed E-state index contributed by atoms with van der Waals surface area (Å²) in [5, 5.41) is 3.37. The predicted octanol–water partition coefficient (Wildman–Crippen LogP) is 3.86. The molecule has 0 aliphatic rings. The molecule has 3 heteroatoms. The van der Waals surface area contributed by atoms with Crippen LogP contribution in [0.25, 0.3) is 0 Å². The number of para-hydroxylation sites is 1. The fraction of sp³-hybridized carbons (Fsp3) is 0.556. The fourth-order valence-electron chi connectivity index (χ4n) is 2.20. The first-order chi connectivity index (χ1) is 10.3. The maximum absolute atomic E-state index is 6.01. The maximum atomic E-state index is 6.01. The SMILES string of the molecule is C=CCCCCCOc1c(C)cccc1CNCCOC. The average molecular weight is 291 g/mol. The minimum absolute atomic E-state index is 0.727. The number of ether oxygens (including phenoxy) is 2. The van der Waals surface area contributed by atoms with Gasteiger partial charge in [0, 0.05) is 25.8 Å². The van der Waals surface area contributed by atoms with Gasteiger partial charge in [-0.3, -0.25) is 0 Å². The minimum Gasteiger partial charge on any atom is -0.493 e. The van der Waals surface area contributed by atoms with Crippen molar-refractivity contribution in [2.45, 2.75) is 39.2 Å². The molecule has 1 aromatic carbocycles. The molecule has 0 radical (unpaired) electrons. The van der Waals surface area contributed by atoms with Crippen molar-refractivity contribution in [3.05, 3.63) is 42.0 Å². The van der Waals surface area contributed by atoms with Gasteiger partial charge in [-0.25, -0.2) is 0 Å². The summed E-state index contributed by atoms with van der Waals surface area (Å²) in [4.78, 5) is 0.